The van der Waals surface area contributed by atoms with E-state index in [1.807, 2.05) is 39.8 Å². The Morgan fingerprint density at radius 2 is 1.83 bits per heavy atom. The maximum Gasteiger partial charge on any atom is 0.410 e. The number of amides is 1. The quantitative estimate of drug-likeness (QED) is 0.666. The molecule has 1 aliphatic heterocycles. The van der Waals surface area contributed by atoms with Crippen LogP contribution in [-0.4, -0.2) is 49.1 Å². The number of piperazine rings is 1. The van der Waals surface area contributed by atoms with Crippen molar-refractivity contribution >= 4 is 30.7 Å². The molecule has 1 aliphatic rings. The van der Waals surface area contributed by atoms with Crippen molar-refractivity contribution in [2.45, 2.75) is 38.2 Å². The van der Waals surface area contributed by atoms with Crippen molar-refractivity contribution in [1.82, 2.24) is 4.90 Å². The second kappa shape index (κ2) is 6.83. The van der Waals surface area contributed by atoms with E-state index in [0.29, 0.717) is 31.7 Å². The highest BCUT2D eigenvalue weighted by Gasteiger charge is 2.26. The highest BCUT2D eigenvalue weighted by atomic mass is 32.1. The summed E-state index contributed by atoms with van der Waals surface area (Å²) in [5, 5.41) is 0. The smallest absolute Gasteiger partial charge is 0.410 e. The molecular formula is C17H24N2O3S. The summed E-state index contributed by atoms with van der Waals surface area (Å²) in [6, 6.07) is 3.85. The van der Waals surface area contributed by atoms with Gasteiger partial charge in [-0.05, 0) is 45.4 Å². The van der Waals surface area contributed by atoms with E-state index in [9.17, 15) is 9.59 Å². The molecule has 0 saturated carbocycles. The third-order valence-corrected chi connectivity index (χ3v) is 4.29. The highest BCUT2D eigenvalue weighted by Crippen LogP contribution is 2.26. The van der Waals surface area contributed by atoms with Crippen molar-refractivity contribution < 1.29 is 14.3 Å². The fraction of sp³-hybridized carbons (Fsp3) is 0.529. The Morgan fingerprint density at radius 3 is 2.35 bits per heavy atom. The van der Waals surface area contributed by atoms with E-state index in [-0.39, 0.29) is 6.09 Å². The minimum absolute atomic E-state index is 0.274. The van der Waals surface area contributed by atoms with Crippen molar-refractivity contribution in [3.8, 4) is 0 Å². The first-order valence-corrected chi connectivity index (χ1v) is 8.17. The summed E-state index contributed by atoms with van der Waals surface area (Å²) in [5.41, 5.74) is 2.03. The molecule has 1 aromatic rings. The van der Waals surface area contributed by atoms with E-state index in [1.165, 1.54) is 0 Å². The van der Waals surface area contributed by atoms with Crippen LogP contribution in [0.2, 0.25) is 0 Å². The number of ether oxygens (including phenoxy) is 1. The van der Waals surface area contributed by atoms with Crippen LogP contribution in [0.1, 0.15) is 36.7 Å². The molecular weight excluding hydrogens is 312 g/mol. The monoisotopic (exact) mass is 336 g/mol. The highest BCUT2D eigenvalue weighted by molar-refractivity contribution is 7.80. The Balaban J connectivity index is 2.03. The molecule has 2 rings (SSSR count). The van der Waals surface area contributed by atoms with Gasteiger partial charge < -0.3 is 14.5 Å². The van der Waals surface area contributed by atoms with Crippen LogP contribution in [-0.2, 0) is 4.74 Å². The molecule has 1 heterocycles. The van der Waals surface area contributed by atoms with Crippen molar-refractivity contribution in [1.29, 1.82) is 0 Å². The SMILES string of the molecule is Cc1c(S)cc(N2CCN(C(=O)OC(C)(C)C)CC2)cc1C=O. The molecule has 1 saturated heterocycles. The van der Waals surface area contributed by atoms with Gasteiger partial charge in [0.2, 0.25) is 0 Å². The minimum Gasteiger partial charge on any atom is -0.444 e. The molecule has 1 aromatic carbocycles. The van der Waals surface area contributed by atoms with Crippen molar-refractivity contribution in [2.24, 2.45) is 0 Å². The van der Waals surface area contributed by atoms with Crippen LogP contribution in [0.4, 0.5) is 10.5 Å². The van der Waals surface area contributed by atoms with Gasteiger partial charge in [0.15, 0.2) is 0 Å². The van der Waals surface area contributed by atoms with Gasteiger partial charge in [0.1, 0.15) is 11.9 Å². The zero-order valence-electron chi connectivity index (χ0n) is 14.1. The summed E-state index contributed by atoms with van der Waals surface area (Å²) in [6.45, 7) is 10.1. The summed E-state index contributed by atoms with van der Waals surface area (Å²) in [6.07, 6.45) is 0.583. The fourth-order valence-electron chi connectivity index (χ4n) is 2.48. The third-order valence-electron chi connectivity index (χ3n) is 3.83. The lowest BCUT2D eigenvalue weighted by Gasteiger charge is -2.37. The number of nitrogens with zero attached hydrogens (tertiary/aromatic N) is 2. The van der Waals surface area contributed by atoms with Crippen LogP contribution in [0.3, 0.4) is 0 Å². The van der Waals surface area contributed by atoms with E-state index in [1.54, 1.807) is 4.90 Å². The first kappa shape index (κ1) is 17.7. The molecule has 0 N–H and O–H groups in total. The number of rotatable bonds is 2. The van der Waals surface area contributed by atoms with E-state index >= 15 is 0 Å². The fourth-order valence-corrected chi connectivity index (χ4v) is 2.75. The molecule has 5 nitrogen and oxygen atoms in total. The van der Waals surface area contributed by atoms with Gasteiger partial charge in [0.25, 0.3) is 0 Å². The molecule has 0 spiro atoms. The number of anilines is 1. The molecule has 0 bridgehead atoms. The van der Waals surface area contributed by atoms with Gasteiger partial charge in [-0.1, -0.05) is 0 Å². The Labute approximate surface area is 143 Å². The topological polar surface area (TPSA) is 49.9 Å². The molecule has 0 aromatic heterocycles. The average molecular weight is 336 g/mol. The predicted molar refractivity (Wildman–Crippen MR) is 93.8 cm³/mol. The second-order valence-corrected chi connectivity index (χ2v) is 7.23. The van der Waals surface area contributed by atoms with Gasteiger partial charge in [-0.15, -0.1) is 12.6 Å². The Bertz CT molecular complexity index is 603. The summed E-state index contributed by atoms with van der Waals surface area (Å²) in [7, 11) is 0. The largest absolute Gasteiger partial charge is 0.444 e. The molecule has 0 radical (unpaired) electrons. The number of thiol groups is 1. The molecule has 0 atom stereocenters. The third kappa shape index (κ3) is 4.41. The number of aldehydes is 1. The minimum atomic E-state index is -0.481. The Kier molecular flexibility index (Phi) is 5.24. The lowest BCUT2D eigenvalue weighted by molar-refractivity contribution is 0.0240. The van der Waals surface area contributed by atoms with Gasteiger partial charge >= 0.3 is 6.09 Å². The van der Waals surface area contributed by atoms with Crippen molar-refractivity contribution in [3.63, 3.8) is 0 Å². The average Bonchev–Trinajstić information content (AvgIpc) is 2.48. The molecule has 0 unspecified atom stereocenters. The second-order valence-electron chi connectivity index (χ2n) is 6.75. The summed E-state index contributed by atoms with van der Waals surface area (Å²) < 4.78 is 5.40. The Morgan fingerprint density at radius 1 is 1.22 bits per heavy atom. The first-order chi connectivity index (χ1) is 10.7. The lowest BCUT2D eigenvalue weighted by atomic mass is 10.1. The van der Waals surface area contributed by atoms with Crippen LogP contribution >= 0.6 is 12.6 Å². The zero-order valence-corrected chi connectivity index (χ0v) is 15.0. The predicted octanol–water partition coefficient (Wildman–Crippen LogP) is 3.15. The summed E-state index contributed by atoms with van der Waals surface area (Å²) in [4.78, 5) is 27.9. The van der Waals surface area contributed by atoms with Crippen molar-refractivity contribution in [3.05, 3.63) is 23.3 Å². The van der Waals surface area contributed by atoms with Crippen LogP contribution in [0.5, 0.6) is 0 Å². The van der Waals surface area contributed by atoms with Crippen LogP contribution < -0.4 is 4.90 Å². The maximum absolute atomic E-state index is 12.1. The molecule has 23 heavy (non-hydrogen) atoms. The number of hydrogen-bond donors (Lipinski definition) is 1. The molecule has 1 amide bonds. The summed E-state index contributed by atoms with van der Waals surface area (Å²) in [5.74, 6) is 0. The summed E-state index contributed by atoms with van der Waals surface area (Å²) >= 11 is 4.44. The number of hydrogen-bond acceptors (Lipinski definition) is 5. The number of benzene rings is 1. The van der Waals surface area contributed by atoms with Gasteiger partial charge in [-0.2, -0.15) is 0 Å². The van der Waals surface area contributed by atoms with E-state index < -0.39 is 5.60 Å². The molecule has 0 aliphatic carbocycles. The van der Waals surface area contributed by atoms with Gasteiger partial charge in [-0.25, -0.2) is 4.79 Å². The normalized spacial score (nSPS) is 15.5. The van der Waals surface area contributed by atoms with Crippen LogP contribution in [0.25, 0.3) is 0 Å². The van der Waals surface area contributed by atoms with Gasteiger partial charge in [0, 0.05) is 42.3 Å². The van der Waals surface area contributed by atoms with Crippen molar-refractivity contribution in [2.75, 3.05) is 31.1 Å². The number of carbonyl (C=O) groups is 2. The number of carbonyl (C=O) groups excluding carboxylic acids is 2. The van der Waals surface area contributed by atoms with E-state index in [2.05, 4.69) is 17.5 Å². The van der Waals surface area contributed by atoms with Gasteiger partial charge in [0.05, 0.1) is 0 Å². The van der Waals surface area contributed by atoms with Crippen LogP contribution in [0.15, 0.2) is 17.0 Å². The van der Waals surface area contributed by atoms with Crippen LogP contribution in [0, 0.1) is 6.92 Å². The first-order valence-electron chi connectivity index (χ1n) is 7.73. The Hall–Kier alpha value is -1.69. The van der Waals surface area contributed by atoms with E-state index in [0.717, 1.165) is 22.4 Å². The maximum atomic E-state index is 12.1. The zero-order chi connectivity index (χ0) is 17.2. The lowest BCUT2D eigenvalue weighted by Crippen LogP contribution is -2.50. The molecule has 126 valence electrons. The van der Waals surface area contributed by atoms with E-state index in [4.69, 9.17) is 4.74 Å². The molecule has 6 heteroatoms. The standard InChI is InChI=1S/C17H24N2O3S/c1-12-13(11-20)9-14(10-15(12)23)18-5-7-19(8-6-18)16(21)22-17(2,3)4/h9-11,23H,5-8H2,1-4H3. The van der Waals surface area contributed by atoms with Gasteiger partial charge in [-0.3, -0.25) is 4.79 Å². The molecule has 1 fully saturated rings.